The molecule has 1 fully saturated rings. The standard InChI is InChI=1S/C35H37F3N4OS/c1-2-18-44-24-26-9-6-10-27(19-26)34(43)41-32-13-12-30(42-16-4-3-5-17-42)22-31(32)33-21-29(14-15-39-33)40-23-25-8-7-11-28(20-25)35(36,37)38/h6-15,19-22H,2-5,16-18,23-24H2,1H3,(H,39,40)(H,41,43). The van der Waals surface area contributed by atoms with Crippen molar-refractivity contribution in [2.24, 2.45) is 0 Å². The number of carbonyl (C=O) groups excluding carboxylic acids is 1. The molecule has 4 aromatic rings. The summed E-state index contributed by atoms with van der Waals surface area (Å²) in [7, 11) is 0. The Bertz CT molecular complexity index is 1570. The van der Waals surface area contributed by atoms with Crippen LogP contribution < -0.4 is 15.5 Å². The highest BCUT2D eigenvalue weighted by molar-refractivity contribution is 7.98. The van der Waals surface area contributed by atoms with Crippen LogP contribution in [0.3, 0.4) is 0 Å². The third kappa shape index (κ3) is 8.34. The maximum absolute atomic E-state index is 13.4. The van der Waals surface area contributed by atoms with E-state index in [1.54, 1.807) is 18.3 Å². The summed E-state index contributed by atoms with van der Waals surface area (Å²) in [5.41, 5.74) is 5.40. The SMILES string of the molecule is CCCSCc1cccc(C(=O)Nc2ccc(N3CCCCC3)cc2-c2cc(NCc3cccc(C(F)(F)F)c3)ccn2)c1. The predicted octanol–water partition coefficient (Wildman–Crippen LogP) is 9.27. The summed E-state index contributed by atoms with van der Waals surface area (Å²) in [4.78, 5) is 20.4. The van der Waals surface area contributed by atoms with Gasteiger partial charge in [0.2, 0.25) is 0 Å². The van der Waals surface area contributed by atoms with Gasteiger partial charge in [0.25, 0.3) is 5.91 Å². The first-order chi connectivity index (χ1) is 21.3. The van der Waals surface area contributed by atoms with Crippen molar-refractivity contribution in [1.29, 1.82) is 0 Å². The van der Waals surface area contributed by atoms with Crippen LogP contribution >= 0.6 is 11.8 Å². The predicted molar refractivity (Wildman–Crippen MR) is 175 cm³/mol. The van der Waals surface area contributed by atoms with Crippen LogP contribution in [0.25, 0.3) is 11.3 Å². The fraction of sp³-hybridized carbons (Fsp3) is 0.314. The first-order valence-corrected chi connectivity index (χ1v) is 16.2. The van der Waals surface area contributed by atoms with E-state index in [4.69, 9.17) is 0 Å². The Morgan fingerprint density at radius 3 is 2.52 bits per heavy atom. The highest BCUT2D eigenvalue weighted by Crippen LogP contribution is 2.34. The zero-order valence-corrected chi connectivity index (χ0v) is 25.6. The second-order valence-electron chi connectivity index (χ2n) is 11.0. The molecule has 1 amide bonds. The number of hydrogen-bond acceptors (Lipinski definition) is 5. The molecule has 1 saturated heterocycles. The molecule has 0 saturated carbocycles. The normalized spacial score (nSPS) is 13.5. The van der Waals surface area contributed by atoms with Gasteiger partial charge in [0.05, 0.1) is 16.9 Å². The quantitative estimate of drug-likeness (QED) is 0.164. The molecular weight excluding hydrogens is 581 g/mol. The smallest absolute Gasteiger partial charge is 0.381 e. The molecule has 2 heterocycles. The van der Waals surface area contributed by atoms with Gasteiger partial charge in [0.15, 0.2) is 0 Å². The van der Waals surface area contributed by atoms with E-state index in [0.717, 1.165) is 72.8 Å². The van der Waals surface area contributed by atoms with E-state index in [0.29, 0.717) is 28.2 Å². The van der Waals surface area contributed by atoms with Crippen LogP contribution in [0.2, 0.25) is 0 Å². The molecule has 1 aromatic heterocycles. The van der Waals surface area contributed by atoms with Gasteiger partial charge in [-0.25, -0.2) is 0 Å². The number of rotatable bonds is 11. The van der Waals surface area contributed by atoms with Gasteiger partial charge >= 0.3 is 6.18 Å². The molecule has 5 nitrogen and oxygen atoms in total. The summed E-state index contributed by atoms with van der Waals surface area (Å²) in [6, 6.07) is 22.7. The third-order valence-corrected chi connectivity index (χ3v) is 8.80. The van der Waals surface area contributed by atoms with E-state index in [-0.39, 0.29) is 12.5 Å². The fourth-order valence-electron chi connectivity index (χ4n) is 5.28. The average Bonchev–Trinajstić information content (AvgIpc) is 3.04. The molecule has 0 bridgehead atoms. The van der Waals surface area contributed by atoms with Crippen LogP contribution in [0.4, 0.5) is 30.2 Å². The van der Waals surface area contributed by atoms with E-state index < -0.39 is 11.7 Å². The van der Waals surface area contributed by atoms with Crippen LogP contribution in [-0.2, 0) is 18.5 Å². The van der Waals surface area contributed by atoms with Crippen LogP contribution in [0.15, 0.2) is 85.1 Å². The Morgan fingerprint density at radius 1 is 0.932 bits per heavy atom. The molecule has 0 radical (unpaired) electrons. The number of carbonyl (C=O) groups is 1. The van der Waals surface area contributed by atoms with Crippen molar-refractivity contribution in [2.75, 3.05) is 34.4 Å². The van der Waals surface area contributed by atoms with Crippen LogP contribution in [0.5, 0.6) is 0 Å². The number of amides is 1. The number of thioether (sulfide) groups is 1. The summed E-state index contributed by atoms with van der Waals surface area (Å²) in [6.07, 6.45) is 1.86. The highest BCUT2D eigenvalue weighted by Gasteiger charge is 2.30. The number of anilines is 3. The Kier molecular flexibility index (Phi) is 10.5. The summed E-state index contributed by atoms with van der Waals surface area (Å²) < 4.78 is 39.6. The second-order valence-corrected chi connectivity index (χ2v) is 12.1. The zero-order valence-electron chi connectivity index (χ0n) is 24.8. The van der Waals surface area contributed by atoms with Gasteiger partial charge in [-0.1, -0.05) is 31.2 Å². The van der Waals surface area contributed by atoms with Crippen LogP contribution in [-0.4, -0.2) is 29.7 Å². The van der Waals surface area contributed by atoms with Gasteiger partial charge in [-0.15, -0.1) is 0 Å². The average molecular weight is 619 g/mol. The number of nitrogens with zero attached hydrogens (tertiary/aromatic N) is 2. The molecule has 230 valence electrons. The van der Waals surface area contributed by atoms with Crippen LogP contribution in [0, 0.1) is 0 Å². The largest absolute Gasteiger partial charge is 0.416 e. The van der Waals surface area contributed by atoms with E-state index in [1.807, 2.05) is 54.2 Å². The maximum Gasteiger partial charge on any atom is 0.416 e. The van der Waals surface area contributed by atoms with Crippen molar-refractivity contribution >= 4 is 34.7 Å². The summed E-state index contributed by atoms with van der Waals surface area (Å²) in [5, 5.41) is 6.35. The lowest BCUT2D eigenvalue weighted by atomic mass is 10.0. The molecule has 1 aliphatic heterocycles. The van der Waals surface area contributed by atoms with Crippen molar-refractivity contribution in [3.8, 4) is 11.3 Å². The van der Waals surface area contributed by atoms with Crippen molar-refractivity contribution < 1.29 is 18.0 Å². The van der Waals surface area contributed by atoms with Crippen molar-refractivity contribution in [3.63, 3.8) is 0 Å². The number of halogens is 3. The van der Waals surface area contributed by atoms with Crippen molar-refractivity contribution in [3.05, 3.63) is 107 Å². The molecule has 2 N–H and O–H groups in total. The molecule has 0 atom stereocenters. The van der Waals surface area contributed by atoms with E-state index in [9.17, 15) is 18.0 Å². The number of alkyl halides is 3. The van der Waals surface area contributed by atoms with Crippen LogP contribution in [0.1, 0.15) is 59.7 Å². The number of benzene rings is 3. The lowest BCUT2D eigenvalue weighted by Crippen LogP contribution is -2.29. The van der Waals surface area contributed by atoms with Gasteiger partial charge in [-0.3, -0.25) is 9.78 Å². The van der Waals surface area contributed by atoms with Gasteiger partial charge in [0, 0.05) is 54.1 Å². The monoisotopic (exact) mass is 618 g/mol. The number of aromatic nitrogens is 1. The first kappa shape index (κ1) is 31.4. The molecule has 5 rings (SSSR count). The fourth-order valence-corrected chi connectivity index (χ4v) is 6.13. The minimum absolute atomic E-state index is 0.196. The van der Waals surface area contributed by atoms with E-state index in [1.165, 1.54) is 12.5 Å². The molecule has 1 aliphatic rings. The van der Waals surface area contributed by atoms with Gasteiger partial charge < -0.3 is 15.5 Å². The first-order valence-electron chi connectivity index (χ1n) is 15.0. The topological polar surface area (TPSA) is 57.3 Å². The minimum Gasteiger partial charge on any atom is -0.381 e. The van der Waals surface area contributed by atoms with Gasteiger partial charge in [-0.2, -0.15) is 24.9 Å². The Balaban J connectivity index is 1.40. The minimum atomic E-state index is -4.39. The van der Waals surface area contributed by atoms with Gasteiger partial charge in [0.1, 0.15) is 0 Å². The molecule has 3 aromatic carbocycles. The summed E-state index contributed by atoms with van der Waals surface area (Å²) >= 11 is 1.85. The number of hydrogen-bond donors (Lipinski definition) is 2. The lowest BCUT2D eigenvalue weighted by molar-refractivity contribution is -0.137. The van der Waals surface area contributed by atoms with E-state index in [2.05, 4.69) is 33.5 Å². The Hall–Kier alpha value is -3.98. The molecule has 44 heavy (non-hydrogen) atoms. The molecule has 0 aliphatic carbocycles. The zero-order chi connectivity index (χ0) is 30.9. The Labute approximate surface area is 261 Å². The summed E-state index contributed by atoms with van der Waals surface area (Å²) in [5.74, 6) is 1.73. The number of piperidine rings is 1. The van der Waals surface area contributed by atoms with Gasteiger partial charge in [-0.05, 0) is 97.2 Å². The number of nitrogens with one attached hydrogen (secondary N) is 2. The maximum atomic E-state index is 13.4. The number of pyridine rings is 1. The van der Waals surface area contributed by atoms with E-state index >= 15 is 0 Å². The Morgan fingerprint density at radius 2 is 1.73 bits per heavy atom. The summed E-state index contributed by atoms with van der Waals surface area (Å²) in [6.45, 7) is 4.32. The molecule has 0 spiro atoms. The highest BCUT2D eigenvalue weighted by atomic mass is 32.2. The second kappa shape index (κ2) is 14.7. The molecular formula is C35H37F3N4OS. The third-order valence-electron chi connectivity index (χ3n) is 7.57. The molecule has 9 heteroatoms. The van der Waals surface area contributed by atoms with Crippen molar-refractivity contribution in [1.82, 2.24) is 4.98 Å². The lowest BCUT2D eigenvalue weighted by Gasteiger charge is -2.29. The van der Waals surface area contributed by atoms with Crippen molar-refractivity contribution in [2.45, 2.75) is 51.1 Å². The molecule has 0 unspecified atom stereocenters.